The van der Waals surface area contributed by atoms with Gasteiger partial charge in [0.25, 0.3) is 0 Å². The predicted molar refractivity (Wildman–Crippen MR) is 56.1 cm³/mol. The SMILES string of the molecule is COC(=O)CC#Cc1ccc2c(c1)OCO2. The van der Waals surface area contributed by atoms with Crippen molar-refractivity contribution in [1.82, 2.24) is 0 Å². The van der Waals surface area contributed by atoms with Gasteiger partial charge in [-0.25, -0.2) is 0 Å². The van der Waals surface area contributed by atoms with Crippen LogP contribution in [0.5, 0.6) is 11.5 Å². The molecule has 1 aliphatic heterocycles. The number of fused-ring (bicyclic) bond motifs is 1. The Bertz CT molecular complexity index is 468. The average Bonchev–Trinajstić information content (AvgIpc) is 2.76. The molecule has 1 heterocycles. The van der Waals surface area contributed by atoms with Crippen LogP contribution in [0.3, 0.4) is 0 Å². The number of benzene rings is 1. The van der Waals surface area contributed by atoms with E-state index in [-0.39, 0.29) is 19.2 Å². The van der Waals surface area contributed by atoms with E-state index < -0.39 is 0 Å². The third-order valence-electron chi connectivity index (χ3n) is 2.07. The van der Waals surface area contributed by atoms with Crippen molar-refractivity contribution in [2.24, 2.45) is 0 Å². The molecular formula is C12H10O4. The number of hydrogen-bond acceptors (Lipinski definition) is 4. The fraction of sp³-hybridized carbons (Fsp3) is 0.250. The smallest absolute Gasteiger partial charge is 0.317 e. The van der Waals surface area contributed by atoms with E-state index in [2.05, 4.69) is 16.6 Å². The molecule has 0 aromatic heterocycles. The predicted octanol–water partition coefficient (Wildman–Crippen LogP) is 1.33. The van der Waals surface area contributed by atoms with Crippen LogP contribution in [-0.2, 0) is 9.53 Å². The number of methoxy groups -OCH3 is 1. The van der Waals surface area contributed by atoms with E-state index in [0.717, 1.165) is 11.3 Å². The molecule has 0 saturated heterocycles. The molecular weight excluding hydrogens is 208 g/mol. The molecule has 16 heavy (non-hydrogen) atoms. The van der Waals surface area contributed by atoms with E-state index in [4.69, 9.17) is 9.47 Å². The fourth-order valence-corrected chi connectivity index (χ4v) is 1.26. The van der Waals surface area contributed by atoms with Crippen LogP contribution in [0.15, 0.2) is 18.2 Å². The minimum absolute atomic E-state index is 0.0882. The summed E-state index contributed by atoms with van der Waals surface area (Å²) in [5.74, 6) is 6.64. The highest BCUT2D eigenvalue weighted by molar-refractivity contribution is 5.72. The van der Waals surface area contributed by atoms with Gasteiger partial charge in [0.15, 0.2) is 11.5 Å². The summed E-state index contributed by atoms with van der Waals surface area (Å²) in [5.41, 5.74) is 0.785. The van der Waals surface area contributed by atoms with E-state index in [1.807, 2.05) is 6.07 Å². The van der Waals surface area contributed by atoms with Gasteiger partial charge in [-0.05, 0) is 18.2 Å². The second-order valence-electron chi connectivity index (χ2n) is 3.12. The van der Waals surface area contributed by atoms with E-state index in [9.17, 15) is 4.79 Å². The van der Waals surface area contributed by atoms with Gasteiger partial charge >= 0.3 is 5.97 Å². The summed E-state index contributed by atoms with van der Waals surface area (Å²) >= 11 is 0. The number of carbonyl (C=O) groups is 1. The summed E-state index contributed by atoms with van der Waals surface area (Å²) in [6.45, 7) is 0.244. The highest BCUT2D eigenvalue weighted by atomic mass is 16.7. The molecule has 0 radical (unpaired) electrons. The van der Waals surface area contributed by atoms with Crippen molar-refractivity contribution in [2.45, 2.75) is 6.42 Å². The molecule has 0 fully saturated rings. The van der Waals surface area contributed by atoms with Crippen molar-refractivity contribution in [1.29, 1.82) is 0 Å². The molecule has 1 aromatic rings. The normalized spacial score (nSPS) is 11.6. The van der Waals surface area contributed by atoms with Crippen LogP contribution in [0.4, 0.5) is 0 Å². The summed E-state index contributed by atoms with van der Waals surface area (Å²) < 4.78 is 14.9. The zero-order chi connectivity index (χ0) is 11.4. The molecule has 0 saturated carbocycles. The summed E-state index contributed by atoms with van der Waals surface area (Å²) in [6, 6.07) is 5.40. The van der Waals surface area contributed by atoms with Crippen molar-refractivity contribution in [3.8, 4) is 23.3 Å². The maximum Gasteiger partial charge on any atom is 0.317 e. The Hall–Kier alpha value is -2.15. The summed E-state index contributed by atoms with van der Waals surface area (Å²) in [5, 5.41) is 0. The molecule has 1 aromatic carbocycles. The van der Waals surface area contributed by atoms with Gasteiger partial charge in [0.2, 0.25) is 6.79 Å². The summed E-state index contributed by atoms with van der Waals surface area (Å²) in [4.78, 5) is 10.8. The van der Waals surface area contributed by atoms with Crippen molar-refractivity contribution >= 4 is 5.97 Å². The molecule has 0 unspecified atom stereocenters. The van der Waals surface area contributed by atoms with Crippen LogP contribution in [0.2, 0.25) is 0 Å². The monoisotopic (exact) mass is 218 g/mol. The Morgan fingerprint density at radius 3 is 3.06 bits per heavy atom. The molecule has 0 aliphatic carbocycles. The number of rotatable bonds is 1. The zero-order valence-electron chi connectivity index (χ0n) is 8.78. The lowest BCUT2D eigenvalue weighted by Gasteiger charge is -1.95. The lowest BCUT2D eigenvalue weighted by Crippen LogP contribution is -1.96. The highest BCUT2D eigenvalue weighted by Crippen LogP contribution is 2.32. The first-order chi connectivity index (χ1) is 7.79. The lowest BCUT2D eigenvalue weighted by atomic mass is 10.2. The van der Waals surface area contributed by atoms with E-state index in [0.29, 0.717) is 5.75 Å². The maximum absolute atomic E-state index is 10.8. The van der Waals surface area contributed by atoms with Crippen LogP contribution in [-0.4, -0.2) is 19.9 Å². The number of hydrogen-bond donors (Lipinski definition) is 0. The molecule has 0 bridgehead atoms. The molecule has 82 valence electrons. The van der Waals surface area contributed by atoms with Gasteiger partial charge in [-0.3, -0.25) is 4.79 Å². The molecule has 0 atom stereocenters. The van der Waals surface area contributed by atoms with Gasteiger partial charge < -0.3 is 14.2 Å². The molecule has 1 aliphatic rings. The number of carbonyl (C=O) groups excluding carboxylic acids is 1. The van der Waals surface area contributed by atoms with E-state index in [1.54, 1.807) is 12.1 Å². The first-order valence-corrected chi connectivity index (χ1v) is 4.75. The summed E-state index contributed by atoms with van der Waals surface area (Å²) in [6.07, 6.45) is 0.0882. The number of ether oxygens (including phenoxy) is 3. The minimum atomic E-state index is -0.340. The van der Waals surface area contributed by atoms with Gasteiger partial charge in [0.05, 0.1) is 7.11 Å². The number of esters is 1. The molecule has 0 spiro atoms. The first kappa shape index (κ1) is 10.4. The molecule has 4 heteroatoms. The fourth-order valence-electron chi connectivity index (χ4n) is 1.26. The van der Waals surface area contributed by atoms with Crippen molar-refractivity contribution in [3.63, 3.8) is 0 Å². The second-order valence-corrected chi connectivity index (χ2v) is 3.12. The van der Waals surface area contributed by atoms with Crippen molar-refractivity contribution in [2.75, 3.05) is 13.9 Å². The third kappa shape index (κ3) is 2.26. The van der Waals surface area contributed by atoms with Crippen LogP contribution >= 0.6 is 0 Å². The first-order valence-electron chi connectivity index (χ1n) is 4.75. The quantitative estimate of drug-likeness (QED) is 0.527. The summed E-state index contributed by atoms with van der Waals surface area (Å²) in [7, 11) is 1.34. The van der Waals surface area contributed by atoms with E-state index >= 15 is 0 Å². The van der Waals surface area contributed by atoms with Gasteiger partial charge in [-0.2, -0.15) is 0 Å². The van der Waals surface area contributed by atoms with E-state index in [1.165, 1.54) is 7.11 Å². The van der Waals surface area contributed by atoms with Crippen molar-refractivity contribution in [3.05, 3.63) is 23.8 Å². The maximum atomic E-state index is 10.8. The Kier molecular flexibility index (Phi) is 2.97. The second kappa shape index (κ2) is 4.58. The lowest BCUT2D eigenvalue weighted by molar-refractivity contribution is -0.139. The average molecular weight is 218 g/mol. The highest BCUT2D eigenvalue weighted by Gasteiger charge is 2.12. The Morgan fingerprint density at radius 2 is 2.25 bits per heavy atom. The molecule has 0 amide bonds. The van der Waals surface area contributed by atoms with Crippen LogP contribution in [0.1, 0.15) is 12.0 Å². The van der Waals surface area contributed by atoms with Gasteiger partial charge in [0, 0.05) is 5.56 Å². The molecule has 0 N–H and O–H groups in total. The minimum Gasteiger partial charge on any atom is -0.468 e. The van der Waals surface area contributed by atoms with Crippen molar-refractivity contribution < 1.29 is 19.0 Å². The topological polar surface area (TPSA) is 44.8 Å². The van der Waals surface area contributed by atoms with Crippen LogP contribution in [0.25, 0.3) is 0 Å². The van der Waals surface area contributed by atoms with Crippen LogP contribution in [0, 0.1) is 11.8 Å². The van der Waals surface area contributed by atoms with Gasteiger partial charge in [-0.15, -0.1) is 0 Å². The standard InChI is InChI=1S/C12H10O4/c1-14-12(13)4-2-3-9-5-6-10-11(7-9)16-8-15-10/h5-7H,4,8H2,1H3. The Balaban J connectivity index is 2.07. The largest absolute Gasteiger partial charge is 0.468 e. The molecule has 2 rings (SSSR count). The van der Waals surface area contributed by atoms with Gasteiger partial charge in [-0.1, -0.05) is 11.8 Å². The van der Waals surface area contributed by atoms with Gasteiger partial charge in [0.1, 0.15) is 6.42 Å². The Morgan fingerprint density at radius 1 is 1.44 bits per heavy atom. The van der Waals surface area contributed by atoms with Crippen LogP contribution < -0.4 is 9.47 Å². The zero-order valence-corrected chi connectivity index (χ0v) is 8.78. The Labute approximate surface area is 93.1 Å². The molecule has 4 nitrogen and oxygen atoms in total. The third-order valence-corrected chi connectivity index (χ3v) is 2.07.